The molecule has 5 heteroatoms. The maximum Gasteiger partial charge on any atom is 0.346 e. The third-order valence-electron chi connectivity index (χ3n) is 2.87. The summed E-state index contributed by atoms with van der Waals surface area (Å²) in [5.74, 6) is -1.28. The van der Waals surface area contributed by atoms with Gasteiger partial charge in [-0.15, -0.1) is 0 Å². The molecule has 108 valence electrons. The lowest BCUT2D eigenvalue weighted by molar-refractivity contribution is 0.0725. The van der Waals surface area contributed by atoms with Crippen LogP contribution in [0.15, 0.2) is 42.5 Å². The van der Waals surface area contributed by atoms with E-state index < -0.39 is 11.8 Å². The van der Waals surface area contributed by atoms with Crippen LogP contribution in [0.25, 0.3) is 0 Å². The summed E-state index contributed by atoms with van der Waals surface area (Å²) in [6, 6.07) is 9.93. The van der Waals surface area contributed by atoms with Crippen LogP contribution in [-0.4, -0.2) is 18.9 Å². The Labute approximate surface area is 121 Å². The second kappa shape index (κ2) is 6.17. The predicted molar refractivity (Wildman–Crippen MR) is 74.4 cm³/mol. The number of carbonyl (C=O) groups is 2. The molecule has 0 unspecified atom stereocenters. The second-order valence-corrected chi connectivity index (χ2v) is 4.29. The summed E-state index contributed by atoms with van der Waals surface area (Å²) in [6.45, 7) is 1.42. The van der Waals surface area contributed by atoms with Gasteiger partial charge in [-0.3, -0.25) is 4.79 Å². The number of carbonyl (C=O) groups excluding carboxylic acids is 2. The van der Waals surface area contributed by atoms with Crippen molar-refractivity contribution in [1.82, 2.24) is 0 Å². The quantitative estimate of drug-likeness (QED) is 0.492. The van der Waals surface area contributed by atoms with Crippen LogP contribution in [0, 0.1) is 5.82 Å². The van der Waals surface area contributed by atoms with Gasteiger partial charge in [0.2, 0.25) is 0 Å². The Kier molecular flexibility index (Phi) is 4.33. The number of methoxy groups -OCH3 is 1. The number of benzene rings is 2. The monoisotopic (exact) mass is 288 g/mol. The minimum absolute atomic E-state index is 0.121. The van der Waals surface area contributed by atoms with Gasteiger partial charge in [-0.05, 0) is 37.3 Å². The molecule has 0 spiro atoms. The molecule has 0 heterocycles. The lowest BCUT2D eigenvalue weighted by Crippen LogP contribution is -2.11. The Morgan fingerprint density at radius 3 is 2.38 bits per heavy atom. The van der Waals surface area contributed by atoms with Gasteiger partial charge in [0.05, 0.1) is 12.7 Å². The molecule has 2 aromatic carbocycles. The second-order valence-electron chi connectivity index (χ2n) is 4.29. The lowest BCUT2D eigenvalue weighted by atomic mass is 10.1. The summed E-state index contributed by atoms with van der Waals surface area (Å²) < 4.78 is 23.7. The number of ketones is 1. The van der Waals surface area contributed by atoms with Gasteiger partial charge in [0.1, 0.15) is 5.82 Å². The summed E-state index contributed by atoms with van der Waals surface area (Å²) in [5.41, 5.74) is 0.257. The Morgan fingerprint density at radius 1 is 1.05 bits per heavy atom. The molecule has 0 atom stereocenters. The largest absolute Gasteiger partial charge is 0.493 e. The number of ether oxygens (including phenoxy) is 2. The van der Waals surface area contributed by atoms with Gasteiger partial charge in [-0.2, -0.15) is 0 Å². The van der Waals surface area contributed by atoms with Crippen LogP contribution < -0.4 is 9.47 Å². The van der Waals surface area contributed by atoms with Crippen molar-refractivity contribution in [2.45, 2.75) is 6.92 Å². The number of rotatable bonds is 4. The molecule has 0 saturated heterocycles. The van der Waals surface area contributed by atoms with Crippen LogP contribution in [-0.2, 0) is 0 Å². The van der Waals surface area contributed by atoms with Gasteiger partial charge in [-0.1, -0.05) is 12.1 Å². The van der Waals surface area contributed by atoms with Gasteiger partial charge in [0.15, 0.2) is 17.3 Å². The third-order valence-corrected chi connectivity index (χ3v) is 2.87. The van der Waals surface area contributed by atoms with E-state index in [9.17, 15) is 14.0 Å². The molecule has 2 aromatic rings. The van der Waals surface area contributed by atoms with Crippen LogP contribution >= 0.6 is 0 Å². The summed E-state index contributed by atoms with van der Waals surface area (Å²) in [4.78, 5) is 23.2. The molecule has 0 aromatic heterocycles. The highest BCUT2D eigenvalue weighted by atomic mass is 19.1. The van der Waals surface area contributed by atoms with E-state index in [-0.39, 0.29) is 22.8 Å². The minimum atomic E-state index is -0.832. The first-order valence-electron chi connectivity index (χ1n) is 6.18. The molecule has 0 radical (unpaired) electrons. The van der Waals surface area contributed by atoms with Crippen molar-refractivity contribution < 1.29 is 23.5 Å². The lowest BCUT2D eigenvalue weighted by Gasteiger charge is -2.10. The average molecular weight is 288 g/mol. The zero-order valence-corrected chi connectivity index (χ0v) is 11.6. The Hall–Kier alpha value is -2.69. The number of hydrogen-bond acceptors (Lipinski definition) is 4. The fraction of sp³-hybridized carbons (Fsp3) is 0.125. The summed E-state index contributed by atoms with van der Waals surface area (Å²) in [5, 5.41) is 0. The van der Waals surface area contributed by atoms with Crippen molar-refractivity contribution in [1.29, 1.82) is 0 Å². The van der Waals surface area contributed by atoms with E-state index in [0.717, 1.165) is 0 Å². The van der Waals surface area contributed by atoms with E-state index in [4.69, 9.17) is 9.47 Å². The number of Topliss-reactive ketones (excluding diaryl/α,β-unsaturated/α-hetero) is 1. The van der Waals surface area contributed by atoms with E-state index >= 15 is 0 Å². The van der Waals surface area contributed by atoms with E-state index in [1.54, 1.807) is 0 Å². The smallest absolute Gasteiger partial charge is 0.346 e. The van der Waals surface area contributed by atoms with Crippen molar-refractivity contribution in [2.75, 3.05) is 7.11 Å². The fourth-order valence-electron chi connectivity index (χ4n) is 1.75. The summed E-state index contributed by atoms with van der Waals surface area (Å²) in [7, 11) is 1.39. The molecule has 0 aliphatic heterocycles. The SMILES string of the molecule is COc1cc(C(C)=O)ccc1OC(=O)c1ccccc1F. The van der Waals surface area contributed by atoms with Crippen LogP contribution in [0.2, 0.25) is 0 Å². The van der Waals surface area contributed by atoms with Crippen molar-refractivity contribution in [2.24, 2.45) is 0 Å². The number of esters is 1. The Morgan fingerprint density at radius 2 is 1.76 bits per heavy atom. The minimum Gasteiger partial charge on any atom is -0.493 e. The zero-order chi connectivity index (χ0) is 15.4. The maximum absolute atomic E-state index is 13.5. The van der Waals surface area contributed by atoms with Crippen LogP contribution in [0.4, 0.5) is 4.39 Å². The highest BCUT2D eigenvalue weighted by Gasteiger charge is 2.16. The Bertz CT molecular complexity index is 694. The van der Waals surface area contributed by atoms with Gasteiger partial charge < -0.3 is 9.47 Å². The topological polar surface area (TPSA) is 52.6 Å². The van der Waals surface area contributed by atoms with Crippen molar-refractivity contribution in [3.63, 3.8) is 0 Å². The summed E-state index contributed by atoms with van der Waals surface area (Å²) in [6.07, 6.45) is 0. The van der Waals surface area contributed by atoms with Gasteiger partial charge in [0, 0.05) is 5.56 Å². The molecule has 21 heavy (non-hydrogen) atoms. The highest BCUT2D eigenvalue weighted by Crippen LogP contribution is 2.29. The van der Waals surface area contributed by atoms with Crippen LogP contribution in [0.3, 0.4) is 0 Å². The van der Waals surface area contributed by atoms with Crippen LogP contribution in [0.5, 0.6) is 11.5 Å². The molecular weight excluding hydrogens is 275 g/mol. The summed E-state index contributed by atoms with van der Waals surface area (Å²) >= 11 is 0. The van der Waals surface area contributed by atoms with Crippen molar-refractivity contribution in [3.05, 3.63) is 59.4 Å². The van der Waals surface area contributed by atoms with E-state index in [1.807, 2.05) is 0 Å². The molecule has 0 aliphatic carbocycles. The maximum atomic E-state index is 13.5. The molecule has 0 amide bonds. The number of halogens is 1. The molecule has 4 nitrogen and oxygen atoms in total. The third kappa shape index (κ3) is 3.25. The molecule has 0 bridgehead atoms. The van der Waals surface area contributed by atoms with Crippen LogP contribution in [0.1, 0.15) is 27.6 Å². The zero-order valence-electron chi connectivity index (χ0n) is 11.6. The first-order valence-corrected chi connectivity index (χ1v) is 6.18. The standard InChI is InChI=1S/C16H13FO4/c1-10(18)11-7-8-14(15(9-11)20-2)21-16(19)12-5-3-4-6-13(12)17/h3-9H,1-2H3. The van der Waals surface area contributed by atoms with Crippen molar-refractivity contribution >= 4 is 11.8 Å². The molecule has 0 N–H and O–H groups in total. The average Bonchev–Trinajstić information content (AvgIpc) is 2.47. The molecule has 0 fully saturated rings. The van der Waals surface area contributed by atoms with E-state index in [2.05, 4.69) is 0 Å². The van der Waals surface area contributed by atoms with E-state index in [0.29, 0.717) is 5.56 Å². The molecule has 0 aliphatic rings. The predicted octanol–water partition coefficient (Wildman–Crippen LogP) is 3.26. The van der Waals surface area contributed by atoms with Gasteiger partial charge >= 0.3 is 5.97 Å². The highest BCUT2D eigenvalue weighted by molar-refractivity contribution is 5.95. The molecule has 2 rings (SSSR count). The first-order chi connectivity index (χ1) is 10.0. The van der Waals surface area contributed by atoms with Crippen molar-refractivity contribution in [3.8, 4) is 11.5 Å². The molecular formula is C16H13FO4. The molecule has 0 saturated carbocycles. The fourth-order valence-corrected chi connectivity index (χ4v) is 1.75. The van der Waals surface area contributed by atoms with Gasteiger partial charge in [-0.25, -0.2) is 9.18 Å². The van der Waals surface area contributed by atoms with E-state index in [1.165, 1.54) is 56.5 Å². The number of hydrogen-bond donors (Lipinski definition) is 0. The first kappa shape index (κ1) is 14.7. The Balaban J connectivity index is 2.29. The normalized spacial score (nSPS) is 10.0. The van der Waals surface area contributed by atoms with Gasteiger partial charge in [0.25, 0.3) is 0 Å².